The van der Waals surface area contributed by atoms with Crippen molar-refractivity contribution >= 4 is 35.1 Å². The summed E-state index contributed by atoms with van der Waals surface area (Å²) in [5, 5.41) is 12.5. The standard InChI is InChI=1S/C28H28Cl2N2O6/c1-35-17-22-25(27(33)37-13-6-12-31)24(20-9-5-10-21(30)15-20)26(23(32-22)18-36-14-11-29)28(34)38-16-19-7-3-2-4-8-19/h2-5,7-10,15,24,32H,6,11,13-14,16-18H2,1H3. The summed E-state index contributed by atoms with van der Waals surface area (Å²) in [4.78, 5) is 27.1. The SMILES string of the molecule is COCC1=C(C(=O)OCCC#N)C(c2cccc(Cl)c2)C(C(=O)OCc2ccccc2)=C(COCCCl)N1. The molecule has 0 aromatic heterocycles. The Morgan fingerprint density at radius 3 is 2.32 bits per heavy atom. The van der Waals surface area contributed by atoms with Gasteiger partial charge < -0.3 is 24.3 Å². The summed E-state index contributed by atoms with van der Waals surface area (Å²) in [6.45, 7) is 0.185. The van der Waals surface area contributed by atoms with E-state index >= 15 is 0 Å². The Morgan fingerprint density at radius 1 is 0.947 bits per heavy atom. The molecule has 0 bridgehead atoms. The highest BCUT2D eigenvalue weighted by Crippen LogP contribution is 2.40. The van der Waals surface area contributed by atoms with E-state index in [1.54, 1.807) is 24.3 Å². The lowest BCUT2D eigenvalue weighted by atomic mass is 9.80. The molecule has 0 saturated carbocycles. The van der Waals surface area contributed by atoms with Crippen molar-refractivity contribution < 1.29 is 28.5 Å². The molecule has 0 radical (unpaired) electrons. The molecule has 10 heteroatoms. The van der Waals surface area contributed by atoms with Gasteiger partial charge in [-0.15, -0.1) is 11.6 Å². The summed E-state index contributed by atoms with van der Waals surface area (Å²) >= 11 is 12.1. The minimum Gasteiger partial charge on any atom is -0.461 e. The number of nitrogens with zero attached hydrogens (tertiary/aromatic N) is 1. The van der Waals surface area contributed by atoms with Crippen LogP contribution in [0.5, 0.6) is 0 Å². The zero-order chi connectivity index (χ0) is 27.3. The van der Waals surface area contributed by atoms with Gasteiger partial charge in [0.1, 0.15) is 13.2 Å². The summed E-state index contributed by atoms with van der Waals surface area (Å²) in [5.74, 6) is -1.99. The smallest absolute Gasteiger partial charge is 0.337 e. The van der Waals surface area contributed by atoms with Gasteiger partial charge in [0.2, 0.25) is 0 Å². The number of hydrogen-bond donors (Lipinski definition) is 1. The highest BCUT2D eigenvalue weighted by atomic mass is 35.5. The molecule has 0 aliphatic carbocycles. The average molecular weight is 559 g/mol. The number of carbonyl (C=O) groups is 2. The normalized spacial score (nSPS) is 15.1. The molecule has 0 saturated heterocycles. The molecule has 0 amide bonds. The molecule has 2 aromatic carbocycles. The van der Waals surface area contributed by atoms with E-state index in [1.807, 2.05) is 36.4 Å². The quantitative estimate of drug-likeness (QED) is 0.215. The molecule has 1 N–H and O–H groups in total. The fourth-order valence-corrected chi connectivity index (χ4v) is 4.29. The summed E-state index contributed by atoms with van der Waals surface area (Å²) in [7, 11) is 1.48. The first-order valence-corrected chi connectivity index (χ1v) is 12.8. The van der Waals surface area contributed by atoms with Crippen LogP contribution in [-0.2, 0) is 35.1 Å². The van der Waals surface area contributed by atoms with Crippen molar-refractivity contribution in [1.82, 2.24) is 5.32 Å². The number of carbonyl (C=O) groups excluding carboxylic acids is 2. The Morgan fingerprint density at radius 2 is 1.66 bits per heavy atom. The molecule has 0 fully saturated rings. The second kappa shape index (κ2) is 15.2. The van der Waals surface area contributed by atoms with Crippen molar-refractivity contribution in [3.63, 3.8) is 0 Å². The summed E-state index contributed by atoms with van der Waals surface area (Å²) in [6.07, 6.45) is 0.0211. The van der Waals surface area contributed by atoms with Gasteiger partial charge >= 0.3 is 11.9 Å². The van der Waals surface area contributed by atoms with Crippen molar-refractivity contribution in [2.24, 2.45) is 0 Å². The maximum Gasteiger partial charge on any atom is 0.337 e. The molecule has 1 aliphatic heterocycles. The molecule has 3 rings (SSSR count). The summed E-state index contributed by atoms with van der Waals surface area (Å²) < 4.78 is 22.1. The Kier molecular flexibility index (Phi) is 11.7. The van der Waals surface area contributed by atoms with Crippen molar-refractivity contribution in [3.05, 3.63) is 93.3 Å². The first-order valence-electron chi connectivity index (χ1n) is 11.9. The third-order valence-electron chi connectivity index (χ3n) is 5.57. The Hall–Kier alpha value is -3.35. The molecule has 1 aliphatic rings. The first-order chi connectivity index (χ1) is 18.5. The molecule has 1 atom stereocenters. The van der Waals surface area contributed by atoms with Gasteiger partial charge in [-0.1, -0.05) is 54.1 Å². The minimum absolute atomic E-state index is 0.00350. The van der Waals surface area contributed by atoms with Crippen LogP contribution in [0.15, 0.2) is 77.1 Å². The maximum absolute atomic E-state index is 13.7. The molecular weight excluding hydrogens is 531 g/mol. The van der Waals surface area contributed by atoms with E-state index in [4.69, 9.17) is 47.4 Å². The van der Waals surface area contributed by atoms with Crippen LogP contribution in [0.25, 0.3) is 0 Å². The molecule has 200 valence electrons. The Bertz CT molecular complexity index is 1220. The third-order valence-corrected chi connectivity index (χ3v) is 5.96. The van der Waals surface area contributed by atoms with Gasteiger partial charge in [-0.3, -0.25) is 0 Å². The second-order valence-electron chi connectivity index (χ2n) is 8.18. The lowest BCUT2D eigenvalue weighted by Gasteiger charge is -2.32. The molecule has 2 aromatic rings. The van der Waals surface area contributed by atoms with Crippen LogP contribution in [0.2, 0.25) is 5.02 Å². The monoisotopic (exact) mass is 558 g/mol. The van der Waals surface area contributed by atoms with Crippen LogP contribution >= 0.6 is 23.2 Å². The highest BCUT2D eigenvalue weighted by Gasteiger charge is 2.40. The van der Waals surface area contributed by atoms with Crippen molar-refractivity contribution in [3.8, 4) is 6.07 Å². The van der Waals surface area contributed by atoms with Crippen molar-refractivity contribution in [2.75, 3.05) is 39.4 Å². The number of methoxy groups -OCH3 is 1. The van der Waals surface area contributed by atoms with Gasteiger partial charge in [0, 0.05) is 18.0 Å². The van der Waals surface area contributed by atoms with Crippen molar-refractivity contribution in [2.45, 2.75) is 18.9 Å². The molecule has 0 spiro atoms. The minimum atomic E-state index is -0.910. The highest BCUT2D eigenvalue weighted by molar-refractivity contribution is 6.30. The topological polar surface area (TPSA) is 107 Å². The molecule has 1 heterocycles. The average Bonchev–Trinajstić information content (AvgIpc) is 2.92. The number of halogens is 2. The van der Waals surface area contributed by atoms with E-state index in [-0.39, 0.29) is 56.5 Å². The van der Waals surface area contributed by atoms with Gasteiger partial charge in [0.25, 0.3) is 0 Å². The molecule has 38 heavy (non-hydrogen) atoms. The van der Waals surface area contributed by atoms with Crippen LogP contribution in [0.4, 0.5) is 0 Å². The number of dihydropyridines is 1. The number of rotatable bonds is 13. The predicted octanol–water partition coefficient (Wildman–Crippen LogP) is 4.64. The number of ether oxygens (including phenoxy) is 4. The Balaban J connectivity index is 2.12. The largest absolute Gasteiger partial charge is 0.461 e. The summed E-state index contributed by atoms with van der Waals surface area (Å²) in [5.41, 5.74) is 2.49. The zero-order valence-electron chi connectivity index (χ0n) is 20.9. The van der Waals surface area contributed by atoms with Crippen LogP contribution < -0.4 is 5.32 Å². The first kappa shape index (κ1) is 29.2. The molecule has 1 unspecified atom stereocenters. The van der Waals surface area contributed by atoms with Gasteiger partial charge in [-0.25, -0.2) is 9.59 Å². The predicted molar refractivity (Wildman–Crippen MR) is 142 cm³/mol. The maximum atomic E-state index is 13.7. The number of nitrogens with one attached hydrogen (secondary N) is 1. The van der Waals surface area contributed by atoms with Crippen LogP contribution in [0.3, 0.4) is 0 Å². The molecule has 8 nitrogen and oxygen atoms in total. The fourth-order valence-electron chi connectivity index (χ4n) is 3.98. The summed E-state index contributed by atoms with van der Waals surface area (Å²) in [6, 6.07) is 18.0. The van der Waals surface area contributed by atoms with E-state index in [1.165, 1.54) is 7.11 Å². The number of benzene rings is 2. The lowest BCUT2D eigenvalue weighted by Crippen LogP contribution is -2.37. The van der Waals surface area contributed by atoms with Crippen LogP contribution in [0.1, 0.15) is 23.5 Å². The fraction of sp³-hybridized carbons (Fsp3) is 0.321. The van der Waals surface area contributed by atoms with Gasteiger partial charge in [0.05, 0.1) is 60.8 Å². The van der Waals surface area contributed by atoms with E-state index in [0.29, 0.717) is 22.0 Å². The van der Waals surface area contributed by atoms with Crippen LogP contribution in [-0.4, -0.2) is 51.4 Å². The van der Waals surface area contributed by atoms with E-state index in [2.05, 4.69) is 5.32 Å². The third kappa shape index (κ3) is 7.83. The number of esters is 2. The van der Waals surface area contributed by atoms with E-state index in [9.17, 15) is 9.59 Å². The van der Waals surface area contributed by atoms with E-state index < -0.39 is 17.9 Å². The van der Waals surface area contributed by atoms with Crippen molar-refractivity contribution in [1.29, 1.82) is 5.26 Å². The van der Waals surface area contributed by atoms with Gasteiger partial charge in [-0.05, 0) is 23.3 Å². The van der Waals surface area contributed by atoms with Crippen LogP contribution in [0, 0.1) is 11.3 Å². The van der Waals surface area contributed by atoms with Gasteiger partial charge in [0.15, 0.2) is 0 Å². The second-order valence-corrected chi connectivity index (χ2v) is 8.99. The Labute approximate surface area is 231 Å². The van der Waals surface area contributed by atoms with E-state index in [0.717, 1.165) is 5.56 Å². The lowest BCUT2D eigenvalue weighted by molar-refractivity contribution is -0.141. The molecular formula is C28H28Cl2N2O6. The van der Waals surface area contributed by atoms with Gasteiger partial charge in [-0.2, -0.15) is 5.26 Å². The number of nitriles is 1. The number of alkyl halides is 1. The zero-order valence-corrected chi connectivity index (χ0v) is 22.4. The number of hydrogen-bond acceptors (Lipinski definition) is 8.